The van der Waals surface area contributed by atoms with Gasteiger partial charge in [0.05, 0.1) is 0 Å². The summed E-state index contributed by atoms with van der Waals surface area (Å²) in [6.45, 7) is 5.34. The van der Waals surface area contributed by atoms with Crippen LogP contribution in [0.25, 0.3) is 32.3 Å². The minimum Gasteiger partial charge on any atom is -0.356 e. The molecule has 6 heteroatoms. The normalized spacial score (nSPS) is 12.2. The molecule has 0 aliphatic rings. The Morgan fingerprint density at radius 2 is 1.33 bits per heavy atom. The molecule has 206 valence electrons. The number of unbranched alkanes of at least 4 members (excludes halogenated alkanes) is 2. The molecular weight excluding hydrogens is 486 g/mol. The molecule has 0 heterocycles. The van der Waals surface area contributed by atoms with Gasteiger partial charge in [-0.25, -0.2) is 0 Å². The highest BCUT2D eigenvalue weighted by molar-refractivity contribution is 6.23. The van der Waals surface area contributed by atoms with Crippen molar-refractivity contribution in [2.24, 2.45) is 0 Å². The molecule has 0 saturated heterocycles. The molecule has 1 unspecified atom stereocenters. The SMILES string of the molecule is CCCCNC(=O)CCC(NC(=O)CCCc1ccc2ccc3cccc4ccc1c2c34)C(=O)NCCCC. The highest BCUT2D eigenvalue weighted by Gasteiger charge is 2.21. The second-order valence-electron chi connectivity index (χ2n) is 10.4. The van der Waals surface area contributed by atoms with Gasteiger partial charge >= 0.3 is 0 Å². The van der Waals surface area contributed by atoms with Gasteiger partial charge in [-0.1, -0.05) is 81.3 Å². The van der Waals surface area contributed by atoms with Crippen molar-refractivity contribution in [1.82, 2.24) is 16.0 Å². The molecular formula is C33H41N3O3. The molecule has 1 atom stereocenters. The van der Waals surface area contributed by atoms with E-state index in [0.29, 0.717) is 25.9 Å². The summed E-state index contributed by atoms with van der Waals surface area (Å²) in [5.41, 5.74) is 1.23. The van der Waals surface area contributed by atoms with Crippen LogP contribution >= 0.6 is 0 Å². The van der Waals surface area contributed by atoms with Gasteiger partial charge in [-0.3, -0.25) is 14.4 Å². The van der Waals surface area contributed by atoms with Gasteiger partial charge in [0.2, 0.25) is 17.7 Å². The Kier molecular flexibility index (Phi) is 10.1. The number of carbonyl (C=O) groups excluding carboxylic acids is 3. The van der Waals surface area contributed by atoms with Crippen LogP contribution in [0.15, 0.2) is 54.6 Å². The van der Waals surface area contributed by atoms with E-state index in [1.165, 1.54) is 37.9 Å². The maximum absolute atomic E-state index is 12.9. The number of hydrogen-bond donors (Lipinski definition) is 3. The van der Waals surface area contributed by atoms with Crippen LogP contribution in [-0.4, -0.2) is 36.9 Å². The number of carbonyl (C=O) groups is 3. The monoisotopic (exact) mass is 527 g/mol. The number of benzene rings is 4. The Morgan fingerprint density at radius 3 is 2.05 bits per heavy atom. The highest BCUT2D eigenvalue weighted by Crippen LogP contribution is 2.36. The molecule has 0 bridgehead atoms. The van der Waals surface area contributed by atoms with Crippen LogP contribution in [0.2, 0.25) is 0 Å². The van der Waals surface area contributed by atoms with Crippen molar-refractivity contribution >= 4 is 50.0 Å². The van der Waals surface area contributed by atoms with Gasteiger partial charge in [0.1, 0.15) is 6.04 Å². The molecule has 0 radical (unpaired) electrons. The second kappa shape index (κ2) is 13.9. The lowest BCUT2D eigenvalue weighted by atomic mass is 9.90. The summed E-state index contributed by atoms with van der Waals surface area (Å²) in [6, 6.07) is 18.8. The fraction of sp³-hybridized carbons (Fsp3) is 0.424. The van der Waals surface area contributed by atoms with E-state index in [2.05, 4.69) is 84.4 Å². The molecule has 0 aromatic heterocycles. The number of nitrogens with one attached hydrogen (secondary N) is 3. The molecule has 0 saturated carbocycles. The highest BCUT2D eigenvalue weighted by atomic mass is 16.2. The maximum atomic E-state index is 12.9. The number of amides is 3. The minimum absolute atomic E-state index is 0.0851. The largest absolute Gasteiger partial charge is 0.356 e. The molecule has 3 amide bonds. The van der Waals surface area contributed by atoms with Crippen LogP contribution < -0.4 is 16.0 Å². The number of aryl methyl sites for hydroxylation is 1. The molecule has 4 rings (SSSR count). The molecule has 0 spiro atoms. The molecule has 0 aliphatic heterocycles. The first kappa shape index (κ1) is 28.3. The number of rotatable bonds is 15. The number of hydrogen-bond acceptors (Lipinski definition) is 3. The first-order valence-corrected chi connectivity index (χ1v) is 14.5. The van der Waals surface area contributed by atoms with Crippen molar-refractivity contribution in [2.75, 3.05) is 13.1 Å². The third kappa shape index (κ3) is 7.25. The Hall–Kier alpha value is -3.67. The van der Waals surface area contributed by atoms with Crippen LogP contribution in [0.4, 0.5) is 0 Å². The van der Waals surface area contributed by atoms with Gasteiger partial charge in [-0.05, 0) is 70.0 Å². The molecule has 4 aromatic carbocycles. The third-order valence-electron chi connectivity index (χ3n) is 7.46. The van der Waals surface area contributed by atoms with Gasteiger partial charge in [0.25, 0.3) is 0 Å². The minimum atomic E-state index is -0.708. The smallest absolute Gasteiger partial charge is 0.242 e. The fourth-order valence-corrected chi connectivity index (χ4v) is 5.27. The molecule has 39 heavy (non-hydrogen) atoms. The van der Waals surface area contributed by atoms with Crippen molar-refractivity contribution in [3.8, 4) is 0 Å². The van der Waals surface area contributed by atoms with Gasteiger partial charge in [-0.15, -0.1) is 0 Å². The van der Waals surface area contributed by atoms with Crippen molar-refractivity contribution < 1.29 is 14.4 Å². The van der Waals surface area contributed by atoms with Gasteiger partial charge in [0.15, 0.2) is 0 Å². The van der Waals surface area contributed by atoms with E-state index in [4.69, 9.17) is 0 Å². The fourth-order valence-electron chi connectivity index (χ4n) is 5.27. The lowest BCUT2D eigenvalue weighted by molar-refractivity contribution is -0.129. The molecule has 6 nitrogen and oxygen atoms in total. The topological polar surface area (TPSA) is 87.3 Å². The summed E-state index contributed by atoms with van der Waals surface area (Å²) in [5, 5.41) is 16.2. The van der Waals surface area contributed by atoms with E-state index < -0.39 is 6.04 Å². The summed E-state index contributed by atoms with van der Waals surface area (Å²) in [6.07, 6.45) is 6.05. The molecule has 4 aromatic rings. The predicted octanol–water partition coefficient (Wildman–Crippen LogP) is 6.00. The van der Waals surface area contributed by atoms with E-state index in [9.17, 15) is 14.4 Å². The second-order valence-corrected chi connectivity index (χ2v) is 10.4. The summed E-state index contributed by atoms with van der Waals surface area (Å²) in [4.78, 5) is 37.9. The first-order valence-electron chi connectivity index (χ1n) is 14.5. The van der Waals surface area contributed by atoms with Crippen molar-refractivity contribution in [3.63, 3.8) is 0 Å². The van der Waals surface area contributed by atoms with Gasteiger partial charge in [0, 0.05) is 25.9 Å². The first-order chi connectivity index (χ1) is 19.0. The Bertz CT molecular complexity index is 1400. The van der Waals surface area contributed by atoms with Crippen LogP contribution in [0.1, 0.15) is 70.8 Å². The predicted molar refractivity (Wildman–Crippen MR) is 160 cm³/mol. The van der Waals surface area contributed by atoms with Gasteiger partial charge < -0.3 is 16.0 Å². The summed E-state index contributed by atoms with van der Waals surface area (Å²) in [7, 11) is 0. The zero-order chi connectivity index (χ0) is 27.6. The maximum Gasteiger partial charge on any atom is 0.242 e. The lowest BCUT2D eigenvalue weighted by Crippen LogP contribution is -2.47. The zero-order valence-corrected chi connectivity index (χ0v) is 23.3. The molecule has 0 aliphatic carbocycles. The summed E-state index contributed by atoms with van der Waals surface area (Å²) >= 11 is 0. The van der Waals surface area contributed by atoms with E-state index in [1.54, 1.807) is 0 Å². The zero-order valence-electron chi connectivity index (χ0n) is 23.3. The van der Waals surface area contributed by atoms with E-state index in [0.717, 1.165) is 32.1 Å². The van der Waals surface area contributed by atoms with Gasteiger partial charge in [-0.2, -0.15) is 0 Å². The third-order valence-corrected chi connectivity index (χ3v) is 7.46. The summed E-state index contributed by atoms with van der Waals surface area (Å²) in [5.74, 6) is -0.460. The molecule has 3 N–H and O–H groups in total. The lowest BCUT2D eigenvalue weighted by Gasteiger charge is -2.19. The van der Waals surface area contributed by atoms with Crippen molar-refractivity contribution in [2.45, 2.75) is 77.7 Å². The van der Waals surface area contributed by atoms with Crippen LogP contribution in [0, 0.1) is 0 Å². The van der Waals surface area contributed by atoms with Crippen molar-refractivity contribution in [3.05, 3.63) is 60.2 Å². The van der Waals surface area contributed by atoms with Crippen LogP contribution in [0.3, 0.4) is 0 Å². The quantitative estimate of drug-likeness (QED) is 0.131. The average Bonchev–Trinajstić information content (AvgIpc) is 2.94. The Balaban J connectivity index is 1.37. The standard InChI is InChI=1S/C33H41N3O3/c1-3-5-21-34-29(37)20-19-28(33(39)35-22-6-4-2)36-30(38)12-8-9-23-13-14-26-16-15-24-10-7-11-25-17-18-27(23)32(26)31(24)25/h7,10-11,13-18,28H,3-6,8-9,12,19-22H2,1-2H3,(H,34,37)(H,35,39)(H,36,38). The van der Waals surface area contributed by atoms with E-state index >= 15 is 0 Å². The Morgan fingerprint density at radius 1 is 0.692 bits per heavy atom. The summed E-state index contributed by atoms with van der Waals surface area (Å²) < 4.78 is 0. The van der Waals surface area contributed by atoms with Crippen LogP contribution in [-0.2, 0) is 20.8 Å². The van der Waals surface area contributed by atoms with Crippen molar-refractivity contribution in [1.29, 1.82) is 0 Å². The van der Waals surface area contributed by atoms with E-state index in [1.807, 2.05) is 0 Å². The average molecular weight is 528 g/mol. The molecule has 0 fully saturated rings. The van der Waals surface area contributed by atoms with Crippen LogP contribution in [0.5, 0.6) is 0 Å². The van der Waals surface area contributed by atoms with E-state index in [-0.39, 0.29) is 30.6 Å². The Labute approximate surface area is 231 Å².